The Bertz CT molecular complexity index is 670. The van der Waals surface area contributed by atoms with E-state index in [0.29, 0.717) is 12.3 Å². The lowest BCUT2D eigenvalue weighted by Crippen LogP contribution is -2.40. The van der Waals surface area contributed by atoms with Gasteiger partial charge in [-0.3, -0.25) is 4.79 Å². The molecule has 1 aromatic heterocycles. The molecule has 2 aromatic rings. The number of hydrogen-bond donors (Lipinski definition) is 0. The van der Waals surface area contributed by atoms with Crippen LogP contribution in [0.3, 0.4) is 0 Å². The number of benzene rings is 1. The second kappa shape index (κ2) is 7.51. The van der Waals surface area contributed by atoms with Gasteiger partial charge in [0, 0.05) is 32.0 Å². The van der Waals surface area contributed by atoms with Crippen LogP contribution in [0.1, 0.15) is 24.2 Å². The van der Waals surface area contributed by atoms with Crippen LogP contribution in [0.15, 0.2) is 36.7 Å². The van der Waals surface area contributed by atoms with Crippen LogP contribution >= 0.6 is 0 Å². The first-order chi connectivity index (χ1) is 11.7. The van der Waals surface area contributed by atoms with Gasteiger partial charge in [-0.25, -0.2) is 4.98 Å². The molecule has 1 aromatic carbocycles. The average Bonchev–Trinajstić information content (AvgIpc) is 3.01. The summed E-state index contributed by atoms with van der Waals surface area (Å²) in [5.41, 5.74) is 1.04. The van der Waals surface area contributed by atoms with Crippen LogP contribution in [-0.2, 0) is 17.8 Å². The molecule has 1 aliphatic rings. The molecular weight excluding hydrogens is 302 g/mol. The van der Waals surface area contributed by atoms with Crippen molar-refractivity contribution in [3.63, 3.8) is 0 Å². The number of carbonyl (C=O) groups excluding carboxylic acids is 1. The van der Waals surface area contributed by atoms with Crippen molar-refractivity contribution in [2.24, 2.45) is 5.92 Å². The molecular formula is C19H25N3O2. The lowest BCUT2D eigenvalue weighted by molar-refractivity contribution is -0.131. The van der Waals surface area contributed by atoms with E-state index in [2.05, 4.69) is 9.55 Å². The lowest BCUT2D eigenvalue weighted by Gasteiger charge is -2.32. The van der Waals surface area contributed by atoms with Gasteiger partial charge in [-0.05, 0) is 43.4 Å². The molecule has 1 aliphatic heterocycles. The molecule has 5 heteroatoms. The van der Waals surface area contributed by atoms with Crippen LogP contribution in [0, 0.1) is 12.8 Å². The number of hydrogen-bond acceptors (Lipinski definition) is 3. The molecule has 2 heterocycles. The van der Waals surface area contributed by atoms with Gasteiger partial charge in [-0.2, -0.15) is 0 Å². The number of likely N-dealkylation sites (tertiary alicyclic amines) is 1. The second-order valence-corrected chi connectivity index (χ2v) is 6.48. The summed E-state index contributed by atoms with van der Waals surface area (Å²) >= 11 is 0. The summed E-state index contributed by atoms with van der Waals surface area (Å²) in [6, 6.07) is 7.74. The number of carbonyl (C=O) groups is 1. The molecule has 5 nitrogen and oxygen atoms in total. The molecule has 24 heavy (non-hydrogen) atoms. The normalized spacial score (nSPS) is 15.5. The van der Waals surface area contributed by atoms with Gasteiger partial charge < -0.3 is 14.2 Å². The number of piperidine rings is 1. The van der Waals surface area contributed by atoms with Crippen LogP contribution in [0.4, 0.5) is 0 Å². The SMILES string of the molecule is COc1ccc(CC(=O)N2CCC(Cn3ccnc3C)CC2)cc1. The van der Waals surface area contributed by atoms with Gasteiger partial charge in [-0.15, -0.1) is 0 Å². The highest BCUT2D eigenvalue weighted by molar-refractivity contribution is 5.78. The zero-order valence-electron chi connectivity index (χ0n) is 14.4. The van der Waals surface area contributed by atoms with Crippen LogP contribution in [-0.4, -0.2) is 40.6 Å². The Balaban J connectivity index is 1.48. The molecule has 0 unspecified atom stereocenters. The number of aryl methyl sites for hydroxylation is 1. The Morgan fingerprint density at radius 1 is 1.25 bits per heavy atom. The molecule has 0 bridgehead atoms. The molecule has 0 N–H and O–H groups in total. The van der Waals surface area contributed by atoms with Gasteiger partial charge in [0.2, 0.25) is 5.91 Å². The molecule has 0 radical (unpaired) electrons. The predicted molar refractivity (Wildman–Crippen MR) is 93.0 cm³/mol. The summed E-state index contributed by atoms with van der Waals surface area (Å²) in [4.78, 5) is 18.8. The quantitative estimate of drug-likeness (QED) is 0.848. The van der Waals surface area contributed by atoms with Crippen LogP contribution in [0.25, 0.3) is 0 Å². The Hall–Kier alpha value is -2.30. The molecule has 0 spiro atoms. The zero-order valence-corrected chi connectivity index (χ0v) is 14.4. The monoisotopic (exact) mass is 327 g/mol. The summed E-state index contributed by atoms with van der Waals surface area (Å²) in [5, 5.41) is 0. The molecule has 1 fully saturated rings. The third-order valence-corrected chi connectivity index (χ3v) is 4.86. The van der Waals surface area contributed by atoms with Gasteiger partial charge in [0.25, 0.3) is 0 Å². The van der Waals surface area contributed by atoms with Gasteiger partial charge in [0.15, 0.2) is 0 Å². The van der Waals surface area contributed by atoms with E-state index in [0.717, 1.165) is 49.6 Å². The highest BCUT2D eigenvalue weighted by Gasteiger charge is 2.23. The van der Waals surface area contributed by atoms with Crippen molar-refractivity contribution >= 4 is 5.91 Å². The number of imidazole rings is 1. The molecule has 0 atom stereocenters. The Labute approximate surface area is 143 Å². The molecule has 3 rings (SSSR count). The van der Waals surface area contributed by atoms with E-state index in [1.807, 2.05) is 48.5 Å². The first-order valence-electron chi connectivity index (χ1n) is 8.54. The van der Waals surface area contributed by atoms with Gasteiger partial charge in [0.05, 0.1) is 13.5 Å². The first kappa shape index (κ1) is 16.6. The largest absolute Gasteiger partial charge is 0.497 e. The van der Waals surface area contributed by atoms with Crippen molar-refractivity contribution in [2.75, 3.05) is 20.2 Å². The van der Waals surface area contributed by atoms with Crippen LogP contribution in [0.5, 0.6) is 5.75 Å². The van der Waals surface area contributed by atoms with E-state index >= 15 is 0 Å². The smallest absolute Gasteiger partial charge is 0.226 e. The highest BCUT2D eigenvalue weighted by Crippen LogP contribution is 2.21. The van der Waals surface area contributed by atoms with E-state index < -0.39 is 0 Å². The van der Waals surface area contributed by atoms with Gasteiger partial charge in [-0.1, -0.05) is 12.1 Å². The second-order valence-electron chi connectivity index (χ2n) is 6.48. The maximum Gasteiger partial charge on any atom is 0.226 e. The first-order valence-corrected chi connectivity index (χ1v) is 8.54. The lowest BCUT2D eigenvalue weighted by atomic mass is 9.96. The average molecular weight is 327 g/mol. The third-order valence-electron chi connectivity index (χ3n) is 4.86. The fourth-order valence-electron chi connectivity index (χ4n) is 3.27. The molecule has 0 saturated carbocycles. The van der Waals surface area contributed by atoms with Crippen molar-refractivity contribution < 1.29 is 9.53 Å². The fourth-order valence-corrected chi connectivity index (χ4v) is 3.27. The Morgan fingerprint density at radius 3 is 2.54 bits per heavy atom. The minimum Gasteiger partial charge on any atom is -0.497 e. The highest BCUT2D eigenvalue weighted by atomic mass is 16.5. The summed E-state index contributed by atoms with van der Waals surface area (Å²) in [7, 11) is 1.65. The predicted octanol–water partition coefficient (Wildman–Crippen LogP) is 2.68. The van der Waals surface area contributed by atoms with E-state index in [-0.39, 0.29) is 5.91 Å². The summed E-state index contributed by atoms with van der Waals surface area (Å²) in [6.07, 6.45) is 6.48. The van der Waals surface area contributed by atoms with Crippen LogP contribution in [0.2, 0.25) is 0 Å². The molecule has 1 saturated heterocycles. The number of ether oxygens (including phenoxy) is 1. The van der Waals surface area contributed by atoms with Crippen molar-refractivity contribution in [3.05, 3.63) is 48.0 Å². The van der Waals surface area contributed by atoms with Crippen molar-refractivity contribution in [3.8, 4) is 5.75 Å². The van der Waals surface area contributed by atoms with Crippen molar-refractivity contribution in [2.45, 2.75) is 32.7 Å². The van der Waals surface area contributed by atoms with Crippen molar-refractivity contribution in [1.29, 1.82) is 0 Å². The van der Waals surface area contributed by atoms with Gasteiger partial charge in [0.1, 0.15) is 11.6 Å². The van der Waals surface area contributed by atoms with E-state index in [9.17, 15) is 4.79 Å². The number of methoxy groups -OCH3 is 1. The van der Waals surface area contributed by atoms with E-state index in [1.54, 1.807) is 7.11 Å². The summed E-state index contributed by atoms with van der Waals surface area (Å²) < 4.78 is 7.36. The number of nitrogens with zero attached hydrogens (tertiary/aromatic N) is 3. The molecule has 0 aliphatic carbocycles. The number of rotatable bonds is 5. The third kappa shape index (κ3) is 3.96. The fraction of sp³-hybridized carbons (Fsp3) is 0.474. The van der Waals surface area contributed by atoms with E-state index in [1.165, 1.54) is 0 Å². The zero-order chi connectivity index (χ0) is 16.9. The van der Waals surface area contributed by atoms with E-state index in [4.69, 9.17) is 4.74 Å². The maximum absolute atomic E-state index is 12.5. The topological polar surface area (TPSA) is 47.4 Å². The maximum atomic E-state index is 12.5. The Kier molecular flexibility index (Phi) is 5.18. The molecule has 1 amide bonds. The Morgan fingerprint density at radius 2 is 1.96 bits per heavy atom. The summed E-state index contributed by atoms with van der Waals surface area (Å²) in [6.45, 7) is 4.75. The number of aromatic nitrogens is 2. The molecule has 128 valence electrons. The minimum atomic E-state index is 0.220. The van der Waals surface area contributed by atoms with Crippen LogP contribution < -0.4 is 4.74 Å². The number of amides is 1. The standard InChI is InChI=1S/C19H25N3O2/c1-15-20-9-12-22(15)14-17-7-10-21(11-8-17)19(23)13-16-3-5-18(24-2)6-4-16/h3-6,9,12,17H,7-8,10-11,13-14H2,1-2H3. The van der Waals surface area contributed by atoms with Crippen molar-refractivity contribution in [1.82, 2.24) is 14.5 Å². The van der Waals surface area contributed by atoms with Gasteiger partial charge >= 0.3 is 0 Å². The minimum absolute atomic E-state index is 0.220. The summed E-state index contributed by atoms with van der Waals surface area (Å²) in [5.74, 6) is 2.73.